The van der Waals surface area contributed by atoms with E-state index in [2.05, 4.69) is 20.8 Å². The van der Waals surface area contributed by atoms with Crippen LogP contribution in [-0.4, -0.2) is 26.0 Å². The summed E-state index contributed by atoms with van der Waals surface area (Å²) in [4.78, 5) is 12.7. The number of benzene rings is 2. The first-order chi connectivity index (χ1) is 14.6. The minimum absolute atomic E-state index is 0.0170. The summed E-state index contributed by atoms with van der Waals surface area (Å²) < 4.78 is 21.3. The Bertz CT molecular complexity index is 1140. The largest absolute Gasteiger partial charge is 0.489 e. The monoisotopic (exact) mass is 425 g/mol. The van der Waals surface area contributed by atoms with E-state index in [1.165, 1.54) is 6.07 Å². The molecular formula is C21H17ClFN5O2. The Morgan fingerprint density at radius 3 is 2.83 bits per heavy atom. The molecule has 30 heavy (non-hydrogen) atoms. The van der Waals surface area contributed by atoms with Gasteiger partial charge in [-0.1, -0.05) is 34.9 Å². The number of ether oxygens (including phenoxy) is 1. The van der Waals surface area contributed by atoms with E-state index in [1.807, 2.05) is 12.1 Å². The number of carbonyl (C=O) groups excluding carboxylic acids is 1. The summed E-state index contributed by atoms with van der Waals surface area (Å²) in [6.45, 7) is 0.0170. The van der Waals surface area contributed by atoms with Gasteiger partial charge in [-0.05, 0) is 53.1 Å². The number of halogens is 2. The summed E-state index contributed by atoms with van der Waals surface area (Å²) in [6.07, 6.45) is 2.11. The zero-order valence-corrected chi connectivity index (χ0v) is 16.6. The molecule has 0 amide bonds. The predicted octanol–water partition coefficient (Wildman–Crippen LogP) is 4.07. The number of aromatic nitrogens is 4. The minimum atomic E-state index is -0.407. The quantitative estimate of drug-likeness (QED) is 0.678. The number of Topliss-reactive ketones (excluding diaryl/α,β-unsaturated/α-hetero) is 1. The number of tetrazole rings is 1. The lowest BCUT2D eigenvalue weighted by Crippen LogP contribution is -2.31. The van der Waals surface area contributed by atoms with Crippen LogP contribution in [-0.2, 0) is 11.4 Å². The van der Waals surface area contributed by atoms with Crippen molar-refractivity contribution in [2.45, 2.75) is 31.9 Å². The lowest BCUT2D eigenvalue weighted by molar-refractivity contribution is -0.116. The van der Waals surface area contributed by atoms with Crippen LogP contribution in [0.5, 0.6) is 5.75 Å². The smallest absolute Gasteiger partial charge is 0.248 e. The van der Waals surface area contributed by atoms with Gasteiger partial charge in [-0.25, -0.2) is 4.39 Å². The van der Waals surface area contributed by atoms with Gasteiger partial charge in [0.05, 0.1) is 5.02 Å². The van der Waals surface area contributed by atoms with Crippen LogP contribution in [0.1, 0.15) is 36.4 Å². The van der Waals surface area contributed by atoms with E-state index < -0.39 is 11.9 Å². The molecule has 1 aliphatic heterocycles. The zero-order valence-electron chi connectivity index (χ0n) is 15.8. The standard InChI is InChI=1S/C21H17ClFN5O2/c22-15-3-1-4-16(23)14(15)11-30-13-9-7-12(8-10-13)20-19-17(5-2-6-18(19)29)24-21-25-26-27-28(20)21/h1,3-4,7-10,20H,2,5-6,11H2,(H,24,25,27). The number of anilines is 1. The molecule has 1 N–H and O–H groups in total. The molecule has 0 spiro atoms. The van der Waals surface area contributed by atoms with Gasteiger partial charge in [0.1, 0.15) is 24.2 Å². The van der Waals surface area contributed by atoms with Crippen molar-refractivity contribution < 1.29 is 13.9 Å². The van der Waals surface area contributed by atoms with Gasteiger partial charge in [0.15, 0.2) is 5.78 Å². The highest BCUT2D eigenvalue weighted by Crippen LogP contribution is 2.39. The van der Waals surface area contributed by atoms with Crippen molar-refractivity contribution in [3.05, 3.63) is 75.7 Å². The lowest BCUT2D eigenvalue weighted by Gasteiger charge is -2.31. The third-order valence-corrected chi connectivity index (χ3v) is 5.72. The number of hydrogen-bond donors (Lipinski definition) is 1. The van der Waals surface area contributed by atoms with Crippen LogP contribution in [0.25, 0.3) is 0 Å². The number of nitrogens with zero attached hydrogens (tertiary/aromatic N) is 4. The lowest BCUT2D eigenvalue weighted by atomic mass is 9.85. The van der Waals surface area contributed by atoms with Gasteiger partial charge in [0.25, 0.3) is 0 Å². The third kappa shape index (κ3) is 3.23. The molecule has 152 valence electrons. The topological polar surface area (TPSA) is 81.9 Å². The van der Waals surface area contributed by atoms with E-state index in [0.29, 0.717) is 34.3 Å². The van der Waals surface area contributed by atoms with E-state index in [-0.39, 0.29) is 12.4 Å². The minimum Gasteiger partial charge on any atom is -0.489 e. The molecule has 5 rings (SSSR count). The Kier molecular flexibility index (Phi) is 4.71. The Balaban J connectivity index is 1.42. The summed E-state index contributed by atoms with van der Waals surface area (Å²) in [6, 6.07) is 11.4. The molecule has 0 radical (unpaired) electrons. The van der Waals surface area contributed by atoms with Gasteiger partial charge >= 0.3 is 0 Å². The van der Waals surface area contributed by atoms with E-state index in [1.54, 1.807) is 28.9 Å². The molecule has 1 unspecified atom stereocenters. The number of ketones is 1. The fourth-order valence-corrected chi connectivity index (χ4v) is 4.12. The Hall–Kier alpha value is -3.26. The van der Waals surface area contributed by atoms with Gasteiger partial charge < -0.3 is 10.1 Å². The molecule has 0 saturated carbocycles. The molecule has 0 saturated heterocycles. The van der Waals surface area contributed by atoms with Crippen LogP contribution in [0, 0.1) is 5.82 Å². The highest BCUT2D eigenvalue weighted by Gasteiger charge is 2.36. The van der Waals surface area contributed by atoms with Crippen LogP contribution < -0.4 is 10.1 Å². The number of hydrogen-bond acceptors (Lipinski definition) is 6. The molecule has 0 fully saturated rings. The summed E-state index contributed by atoms with van der Waals surface area (Å²) in [7, 11) is 0. The average Bonchev–Trinajstić information content (AvgIpc) is 3.21. The van der Waals surface area contributed by atoms with Gasteiger partial charge in [-0.2, -0.15) is 4.68 Å². The maximum atomic E-state index is 13.9. The summed E-state index contributed by atoms with van der Waals surface area (Å²) in [5.41, 5.74) is 2.76. The predicted molar refractivity (Wildman–Crippen MR) is 108 cm³/mol. The van der Waals surface area contributed by atoms with Crippen molar-refractivity contribution in [3.8, 4) is 5.75 Å². The van der Waals surface area contributed by atoms with E-state index in [0.717, 1.165) is 24.1 Å². The molecule has 0 bridgehead atoms. The van der Waals surface area contributed by atoms with Gasteiger partial charge in [0.2, 0.25) is 5.95 Å². The SMILES string of the molecule is O=C1CCCC2=C1C(c1ccc(OCc3c(F)cccc3Cl)cc1)n1nnnc1N2. The fraction of sp³-hybridized carbons (Fsp3) is 0.238. The van der Waals surface area contributed by atoms with Gasteiger partial charge in [-0.3, -0.25) is 4.79 Å². The first-order valence-electron chi connectivity index (χ1n) is 9.58. The highest BCUT2D eigenvalue weighted by molar-refractivity contribution is 6.31. The van der Waals surface area contributed by atoms with Crippen molar-refractivity contribution in [2.24, 2.45) is 0 Å². The maximum absolute atomic E-state index is 13.9. The number of nitrogens with one attached hydrogen (secondary N) is 1. The molecule has 9 heteroatoms. The van der Waals surface area contributed by atoms with Gasteiger partial charge in [-0.15, -0.1) is 0 Å². The number of allylic oxidation sites excluding steroid dienone is 2. The van der Waals surface area contributed by atoms with Crippen molar-refractivity contribution in [1.29, 1.82) is 0 Å². The van der Waals surface area contributed by atoms with Crippen LogP contribution >= 0.6 is 11.6 Å². The highest BCUT2D eigenvalue weighted by atomic mass is 35.5. The normalized spacial score (nSPS) is 17.9. The molecule has 7 nitrogen and oxygen atoms in total. The molecule has 2 aliphatic rings. The van der Waals surface area contributed by atoms with Gasteiger partial charge in [0, 0.05) is 23.3 Å². The molecule has 2 aromatic carbocycles. The Morgan fingerprint density at radius 1 is 1.20 bits per heavy atom. The second-order valence-electron chi connectivity index (χ2n) is 7.20. The second kappa shape index (κ2) is 7.53. The van der Waals surface area contributed by atoms with Crippen molar-refractivity contribution >= 4 is 23.3 Å². The summed E-state index contributed by atoms with van der Waals surface area (Å²) >= 11 is 6.05. The van der Waals surface area contributed by atoms with E-state index >= 15 is 0 Å². The van der Waals surface area contributed by atoms with Crippen molar-refractivity contribution in [1.82, 2.24) is 20.2 Å². The molecule has 1 atom stereocenters. The fourth-order valence-electron chi connectivity index (χ4n) is 3.90. The molecule has 2 heterocycles. The third-order valence-electron chi connectivity index (χ3n) is 5.37. The van der Waals surface area contributed by atoms with Crippen molar-refractivity contribution in [3.63, 3.8) is 0 Å². The number of fused-ring (bicyclic) bond motifs is 1. The molecule has 1 aromatic heterocycles. The molecule has 3 aromatic rings. The number of carbonyl (C=O) groups is 1. The van der Waals surface area contributed by atoms with Crippen molar-refractivity contribution in [2.75, 3.05) is 5.32 Å². The summed E-state index contributed by atoms with van der Waals surface area (Å²) in [5, 5.41) is 15.3. The average molecular weight is 426 g/mol. The van der Waals surface area contributed by atoms with E-state index in [9.17, 15) is 9.18 Å². The first-order valence-corrected chi connectivity index (χ1v) is 9.96. The number of rotatable bonds is 4. The van der Waals surface area contributed by atoms with Crippen LogP contribution in [0.3, 0.4) is 0 Å². The molecular weight excluding hydrogens is 409 g/mol. The summed E-state index contributed by atoms with van der Waals surface area (Å²) in [5.74, 6) is 0.774. The zero-order chi connectivity index (χ0) is 20.7. The van der Waals surface area contributed by atoms with E-state index in [4.69, 9.17) is 16.3 Å². The Labute approximate surface area is 176 Å². The van der Waals surface area contributed by atoms with Crippen LogP contribution in [0.2, 0.25) is 5.02 Å². The van der Waals surface area contributed by atoms with Crippen LogP contribution in [0.15, 0.2) is 53.7 Å². The van der Waals surface area contributed by atoms with Crippen LogP contribution in [0.4, 0.5) is 10.3 Å². The maximum Gasteiger partial charge on any atom is 0.248 e. The first kappa shape index (κ1) is 18.7. The second-order valence-corrected chi connectivity index (χ2v) is 7.61. The molecule has 1 aliphatic carbocycles. The Morgan fingerprint density at radius 2 is 2.03 bits per heavy atom.